The van der Waals surface area contributed by atoms with E-state index in [0.29, 0.717) is 12.0 Å². The minimum Gasteiger partial charge on any atom is -0.319 e. The average Bonchev–Trinajstić information content (AvgIpc) is 2.22. The van der Waals surface area contributed by atoms with E-state index in [9.17, 15) is 0 Å². The predicted octanol–water partition coefficient (Wildman–Crippen LogP) is 1.44. The van der Waals surface area contributed by atoms with Gasteiger partial charge in [-0.3, -0.25) is 0 Å². The summed E-state index contributed by atoms with van der Waals surface area (Å²) in [5.41, 5.74) is 0. The largest absolute Gasteiger partial charge is 0.319 e. The summed E-state index contributed by atoms with van der Waals surface area (Å²) in [5.74, 6) is 2.57. The molecule has 0 aromatic heterocycles. The van der Waals surface area contributed by atoms with E-state index in [4.69, 9.17) is 0 Å². The van der Waals surface area contributed by atoms with Crippen LogP contribution in [-0.2, 0) is 0 Å². The van der Waals surface area contributed by atoms with Crippen LogP contribution in [0.2, 0.25) is 0 Å². The highest BCUT2D eigenvalue weighted by Gasteiger charge is 2.10. The Morgan fingerprint density at radius 3 is 2.29 bits per heavy atom. The zero-order valence-electron chi connectivity index (χ0n) is 9.29. The first kappa shape index (κ1) is 14.6. The summed E-state index contributed by atoms with van der Waals surface area (Å²) in [7, 11) is 2.00. The average molecular weight is 236 g/mol. The van der Waals surface area contributed by atoms with E-state index in [1.807, 2.05) is 7.05 Å². The van der Waals surface area contributed by atoms with E-state index >= 15 is 0 Å². The van der Waals surface area contributed by atoms with Crippen molar-refractivity contribution >= 4 is 25.3 Å². The molecule has 0 aliphatic heterocycles. The van der Waals surface area contributed by atoms with Gasteiger partial charge in [0.1, 0.15) is 0 Å². The van der Waals surface area contributed by atoms with Crippen LogP contribution < -0.4 is 10.6 Å². The van der Waals surface area contributed by atoms with Crippen molar-refractivity contribution in [3.05, 3.63) is 0 Å². The van der Waals surface area contributed by atoms with Gasteiger partial charge in [0.25, 0.3) is 0 Å². The Labute approximate surface area is 99.4 Å². The molecule has 0 fully saturated rings. The molecule has 0 aromatic rings. The summed E-state index contributed by atoms with van der Waals surface area (Å²) in [4.78, 5) is 0. The third-order valence-electron chi connectivity index (χ3n) is 2.39. The van der Waals surface area contributed by atoms with Crippen LogP contribution >= 0.6 is 25.3 Å². The second-order valence-electron chi connectivity index (χ2n) is 3.62. The smallest absolute Gasteiger partial charge is 0.0155 e. The van der Waals surface area contributed by atoms with E-state index in [0.717, 1.165) is 24.6 Å². The summed E-state index contributed by atoms with van der Waals surface area (Å²) >= 11 is 8.69. The van der Waals surface area contributed by atoms with Crippen LogP contribution in [0.3, 0.4) is 0 Å². The standard InChI is InChI=1S/C10H24N2S2/c1-3-12-10(8-14)5-4-9(7-13)6-11-2/h9-14H,3-8H2,1-2H3/t9-,10+/m0/s1. The van der Waals surface area contributed by atoms with Crippen molar-refractivity contribution in [2.75, 3.05) is 31.6 Å². The van der Waals surface area contributed by atoms with Gasteiger partial charge >= 0.3 is 0 Å². The lowest BCUT2D eigenvalue weighted by atomic mass is 10.0. The van der Waals surface area contributed by atoms with E-state index in [1.54, 1.807) is 0 Å². The van der Waals surface area contributed by atoms with Crippen molar-refractivity contribution in [2.45, 2.75) is 25.8 Å². The van der Waals surface area contributed by atoms with Gasteiger partial charge in [-0.25, -0.2) is 0 Å². The molecule has 0 spiro atoms. The molecule has 0 aliphatic carbocycles. The molecule has 2 N–H and O–H groups in total. The summed E-state index contributed by atoms with van der Waals surface area (Å²) in [6.45, 7) is 4.23. The molecule has 0 saturated carbocycles. The molecule has 0 bridgehead atoms. The molecule has 2 atom stereocenters. The van der Waals surface area contributed by atoms with Gasteiger partial charge in [-0.05, 0) is 44.6 Å². The first-order chi connectivity index (χ1) is 6.78. The molecule has 14 heavy (non-hydrogen) atoms. The van der Waals surface area contributed by atoms with Crippen LogP contribution in [-0.4, -0.2) is 37.7 Å². The summed E-state index contributed by atoms with van der Waals surface area (Å²) in [6, 6.07) is 0.558. The number of nitrogens with one attached hydrogen (secondary N) is 2. The van der Waals surface area contributed by atoms with Gasteiger partial charge in [-0.1, -0.05) is 6.92 Å². The molecule has 0 unspecified atom stereocenters. The molecule has 0 amide bonds. The number of hydrogen-bond donors (Lipinski definition) is 4. The van der Waals surface area contributed by atoms with Crippen molar-refractivity contribution < 1.29 is 0 Å². The maximum absolute atomic E-state index is 4.35. The van der Waals surface area contributed by atoms with Gasteiger partial charge in [-0.15, -0.1) is 0 Å². The van der Waals surface area contributed by atoms with Gasteiger partial charge in [0, 0.05) is 11.8 Å². The van der Waals surface area contributed by atoms with Crippen molar-refractivity contribution in [3.8, 4) is 0 Å². The van der Waals surface area contributed by atoms with Crippen LogP contribution in [0.5, 0.6) is 0 Å². The second kappa shape index (κ2) is 10.1. The molecule has 86 valence electrons. The lowest BCUT2D eigenvalue weighted by Gasteiger charge is -2.19. The summed E-state index contributed by atoms with van der Waals surface area (Å²) in [6.07, 6.45) is 2.42. The van der Waals surface area contributed by atoms with Gasteiger partial charge in [-0.2, -0.15) is 25.3 Å². The quantitative estimate of drug-likeness (QED) is 0.456. The molecule has 2 nitrogen and oxygen atoms in total. The minimum absolute atomic E-state index is 0.558. The first-order valence-corrected chi connectivity index (χ1v) is 6.64. The maximum atomic E-state index is 4.35. The number of thiol groups is 2. The second-order valence-corrected chi connectivity index (χ2v) is 4.35. The molecule has 0 aliphatic rings. The van der Waals surface area contributed by atoms with Crippen LogP contribution in [0.1, 0.15) is 19.8 Å². The number of hydrogen-bond acceptors (Lipinski definition) is 4. The van der Waals surface area contributed by atoms with Gasteiger partial charge < -0.3 is 10.6 Å². The Balaban J connectivity index is 3.63. The number of rotatable bonds is 9. The fraction of sp³-hybridized carbons (Fsp3) is 1.00. The van der Waals surface area contributed by atoms with Crippen LogP contribution in [0.25, 0.3) is 0 Å². The molecular weight excluding hydrogens is 212 g/mol. The maximum Gasteiger partial charge on any atom is 0.0155 e. The third-order valence-corrected chi connectivity index (χ3v) is 3.34. The van der Waals surface area contributed by atoms with Gasteiger partial charge in [0.15, 0.2) is 0 Å². The molecule has 0 aromatic carbocycles. The predicted molar refractivity (Wildman–Crippen MR) is 71.8 cm³/mol. The highest BCUT2D eigenvalue weighted by Crippen LogP contribution is 2.10. The fourth-order valence-electron chi connectivity index (χ4n) is 1.53. The van der Waals surface area contributed by atoms with Crippen LogP contribution in [0.15, 0.2) is 0 Å². The molecule has 0 rings (SSSR count). The van der Waals surface area contributed by atoms with Crippen LogP contribution in [0, 0.1) is 5.92 Å². The Morgan fingerprint density at radius 1 is 1.14 bits per heavy atom. The topological polar surface area (TPSA) is 24.1 Å². The van der Waals surface area contributed by atoms with E-state index in [-0.39, 0.29) is 0 Å². The summed E-state index contributed by atoms with van der Waals surface area (Å²) < 4.78 is 0. The normalized spacial score (nSPS) is 15.4. The first-order valence-electron chi connectivity index (χ1n) is 5.38. The lowest BCUT2D eigenvalue weighted by Crippen LogP contribution is -2.32. The minimum atomic E-state index is 0.558. The SMILES string of the molecule is CCN[C@@H](CS)CC[C@H](CS)CNC. The van der Waals surface area contributed by atoms with E-state index < -0.39 is 0 Å². The van der Waals surface area contributed by atoms with Crippen molar-refractivity contribution in [2.24, 2.45) is 5.92 Å². The van der Waals surface area contributed by atoms with Crippen LogP contribution in [0.4, 0.5) is 0 Å². The highest BCUT2D eigenvalue weighted by molar-refractivity contribution is 7.80. The Morgan fingerprint density at radius 2 is 1.86 bits per heavy atom. The molecule has 0 saturated heterocycles. The Kier molecular flexibility index (Phi) is 10.6. The molecule has 0 radical (unpaired) electrons. The monoisotopic (exact) mass is 236 g/mol. The molecule has 4 heteroatoms. The Bertz CT molecular complexity index is 109. The third kappa shape index (κ3) is 6.98. The van der Waals surface area contributed by atoms with Crippen molar-refractivity contribution in [1.82, 2.24) is 10.6 Å². The zero-order chi connectivity index (χ0) is 10.8. The Hall–Kier alpha value is 0.620. The summed E-state index contributed by atoms with van der Waals surface area (Å²) in [5, 5.41) is 6.64. The van der Waals surface area contributed by atoms with E-state index in [1.165, 1.54) is 12.8 Å². The van der Waals surface area contributed by atoms with Gasteiger partial charge in [0.2, 0.25) is 0 Å². The fourth-order valence-corrected chi connectivity index (χ4v) is 2.15. The highest BCUT2D eigenvalue weighted by atomic mass is 32.1. The molecule has 0 heterocycles. The van der Waals surface area contributed by atoms with E-state index in [2.05, 4.69) is 42.8 Å². The lowest BCUT2D eigenvalue weighted by molar-refractivity contribution is 0.438. The molecular formula is C10H24N2S2. The van der Waals surface area contributed by atoms with Gasteiger partial charge in [0.05, 0.1) is 0 Å². The zero-order valence-corrected chi connectivity index (χ0v) is 11.1. The van der Waals surface area contributed by atoms with Crippen molar-refractivity contribution in [1.29, 1.82) is 0 Å². The van der Waals surface area contributed by atoms with Crippen molar-refractivity contribution in [3.63, 3.8) is 0 Å².